The summed E-state index contributed by atoms with van der Waals surface area (Å²) in [6.07, 6.45) is -2.53. The van der Waals surface area contributed by atoms with Crippen molar-refractivity contribution >= 4 is 15.9 Å². The number of rotatable bonds is 6. The monoisotopic (exact) mass is 507 g/mol. The van der Waals surface area contributed by atoms with Gasteiger partial charge in [-0.15, -0.1) is 0 Å². The van der Waals surface area contributed by atoms with Crippen LogP contribution >= 0.6 is 0 Å². The molecule has 35 heavy (non-hydrogen) atoms. The van der Waals surface area contributed by atoms with E-state index >= 15 is 0 Å². The van der Waals surface area contributed by atoms with E-state index in [1.807, 2.05) is 0 Å². The zero-order valence-corrected chi connectivity index (χ0v) is 19.1. The number of halogens is 4. The molecule has 4 rings (SSSR count). The van der Waals surface area contributed by atoms with Crippen LogP contribution < -0.4 is 5.32 Å². The van der Waals surface area contributed by atoms with E-state index in [1.165, 1.54) is 18.2 Å². The molecule has 1 aromatic heterocycles. The second kappa shape index (κ2) is 9.74. The van der Waals surface area contributed by atoms with Gasteiger partial charge in [0.2, 0.25) is 15.9 Å². The predicted octanol–water partition coefficient (Wildman–Crippen LogP) is 4.38. The smallest absolute Gasteiger partial charge is 0.351 e. The van der Waals surface area contributed by atoms with Gasteiger partial charge in [0.05, 0.1) is 4.90 Å². The maximum atomic E-state index is 13.2. The first-order valence-electron chi connectivity index (χ1n) is 10.7. The van der Waals surface area contributed by atoms with Gasteiger partial charge in [0, 0.05) is 24.8 Å². The maximum Gasteiger partial charge on any atom is 0.433 e. The minimum atomic E-state index is -4.52. The summed E-state index contributed by atoms with van der Waals surface area (Å²) in [5, 5.41) is 2.74. The lowest BCUT2D eigenvalue weighted by atomic mass is 10.0. The van der Waals surface area contributed by atoms with Crippen LogP contribution in [-0.4, -0.2) is 36.2 Å². The molecule has 0 aliphatic carbocycles. The first kappa shape index (κ1) is 24.8. The van der Waals surface area contributed by atoms with Gasteiger partial charge in [0.25, 0.3) is 0 Å². The first-order chi connectivity index (χ1) is 16.6. The van der Waals surface area contributed by atoms with Gasteiger partial charge in [-0.2, -0.15) is 17.5 Å². The van der Waals surface area contributed by atoms with Crippen molar-refractivity contribution in [1.29, 1.82) is 0 Å². The molecule has 3 aromatic rings. The molecule has 1 amide bonds. The third-order valence-electron chi connectivity index (χ3n) is 5.71. The molecule has 6 nitrogen and oxygen atoms in total. The zero-order valence-electron chi connectivity index (χ0n) is 18.3. The van der Waals surface area contributed by atoms with Crippen LogP contribution in [0.1, 0.15) is 24.1 Å². The number of benzene rings is 2. The van der Waals surface area contributed by atoms with Crippen molar-refractivity contribution in [3.05, 3.63) is 83.9 Å². The fourth-order valence-electron chi connectivity index (χ4n) is 3.93. The summed E-state index contributed by atoms with van der Waals surface area (Å²) in [5.74, 6) is -1.02. The number of nitrogens with one attached hydrogen (secondary N) is 1. The van der Waals surface area contributed by atoms with Crippen molar-refractivity contribution in [2.45, 2.75) is 36.5 Å². The Morgan fingerprint density at radius 3 is 2.46 bits per heavy atom. The van der Waals surface area contributed by atoms with Gasteiger partial charge in [0.15, 0.2) is 0 Å². The van der Waals surface area contributed by atoms with E-state index in [9.17, 15) is 30.8 Å². The number of alkyl halides is 3. The van der Waals surface area contributed by atoms with Gasteiger partial charge < -0.3 is 5.32 Å². The molecular formula is C24H21F4N3O3S. The molecule has 0 radical (unpaired) electrons. The predicted molar refractivity (Wildman–Crippen MR) is 120 cm³/mol. The fraction of sp³-hybridized carbons (Fsp3) is 0.250. The molecule has 1 aliphatic heterocycles. The normalized spacial score (nSPS) is 16.9. The standard InChI is InChI=1S/C24H21F4N3O3S/c25-19-7-9-20(10-8-19)35(33,34)31-12-2-5-21(31)23(32)30-14-16-3-1-4-17(13-16)18-6-11-22(29-15-18)24(26,27)28/h1,3-4,6-11,13,15,21H,2,5,12,14H2,(H,30,32). The number of sulfonamides is 1. The Morgan fingerprint density at radius 2 is 1.80 bits per heavy atom. The van der Waals surface area contributed by atoms with Gasteiger partial charge in [-0.1, -0.05) is 24.3 Å². The minimum Gasteiger partial charge on any atom is -0.351 e. The first-order valence-corrected chi connectivity index (χ1v) is 12.2. The molecule has 0 bridgehead atoms. The number of aromatic nitrogens is 1. The Balaban J connectivity index is 1.44. The Hall–Kier alpha value is -3.31. The van der Waals surface area contributed by atoms with Crippen molar-refractivity contribution in [3.63, 3.8) is 0 Å². The lowest BCUT2D eigenvalue weighted by Gasteiger charge is -2.23. The van der Waals surface area contributed by atoms with Crippen molar-refractivity contribution in [2.75, 3.05) is 6.54 Å². The lowest BCUT2D eigenvalue weighted by molar-refractivity contribution is -0.141. The van der Waals surface area contributed by atoms with Crippen LogP contribution in [0, 0.1) is 5.82 Å². The van der Waals surface area contributed by atoms with Gasteiger partial charge in [-0.25, -0.2) is 12.8 Å². The van der Waals surface area contributed by atoms with E-state index in [4.69, 9.17) is 0 Å². The Morgan fingerprint density at radius 1 is 1.06 bits per heavy atom. The van der Waals surface area contributed by atoms with Gasteiger partial charge in [-0.3, -0.25) is 9.78 Å². The van der Waals surface area contributed by atoms with E-state index in [1.54, 1.807) is 24.3 Å². The third kappa shape index (κ3) is 5.51. The molecule has 1 fully saturated rings. The van der Waals surface area contributed by atoms with Crippen LogP contribution in [0.25, 0.3) is 11.1 Å². The van der Waals surface area contributed by atoms with Gasteiger partial charge in [0.1, 0.15) is 17.6 Å². The number of nitrogens with zero attached hydrogens (tertiary/aromatic N) is 2. The molecule has 1 unspecified atom stereocenters. The number of carbonyl (C=O) groups excluding carboxylic acids is 1. The van der Waals surface area contributed by atoms with E-state index < -0.39 is 39.7 Å². The summed E-state index contributed by atoms with van der Waals surface area (Å²) >= 11 is 0. The van der Waals surface area contributed by atoms with E-state index in [0.717, 1.165) is 28.7 Å². The molecular weight excluding hydrogens is 486 g/mol. The number of hydrogen-bond donors (Lipinski definition) is 1. The molecule has 1 aliphatic rings. The van der Waals surface area contributed by atoms with Crippen LogP contribution in [0.5, 0.6) is 0 Å². The van der Waals surface area contributed by atoms with Crippen LogP contribution in [0.3, 0.4) is 0 Å². The third-order valence-corrected chi connectivity index (χ3v) is 7.63. The highest BCUT2D eigenvalue weighted by molar-refractivity contribution is 7.89. The van der Waals surface area contributed by atoms with E-state index in [-0.39, 0.29) is 18.0 Å². The van der Waals surface area contributed by atoms with Crippen LogP contribution in [0.15, 0.2) is 71.8 Å². The SMILES string of the molecule is O=C(NCc1cccc(-c2ccc(C(F)(F)F)nc2)c1)C1CCCN1S(=O)(=O)c1ccc(F)cc1. The second-order valence-electron chi connectivity index (χ2n) is 8.08. The van der Waals surface area contributed by atoms with Gasteiger partial charge in [-0.05, 0) is 60.4 Å². The molecule has 1 saturated heterocycles. The van der Waals surface area contributed by atoms with Crippen LogP contribution in [0.2, 0.25) is 0 Å². The zero-order chi connectivity index (χ0) is 25.2. The number of pyridine rings is 1. The average Bonchev–Trinajstić information content (AvgIpc) is 3.34. The highest BCUT2D eigenvalue weighted by Gasteiger charge is 2.39. The highest BCUT2D eigenvalue weighted by Crippen LogP contribution is 2.29. The lowest BCUT2D eigenvalue weighted by Crippen LogP contribution is -2.45. The summed E-state index contributed by atoms with van der Waals surface area (Å²) in [6, 6.07) is 12.6. The molecule has 1 N–H and O–H groups in total. The number of hydrogen-bond acceptors (Lipinski definition) is 4. The molecule has 0 saturated carbocycles. The minimum absolute atomic E-state index is 0.0866. The van der Waals surface area contributed by atoms with Gasteiger partial charge >= 0.3 is 6.18 Å². The summed E-state index contributed by atoms with van der Waals surface area (Å²) in [4.78, 5) is 16.2. The summed E-state index contributed by atoms with van der Waals surface area (Å²) < 4.78 is 78.5. The van der Waals surface area contributed by atoms with E-state index in [0.29, 0.717) is 29.5 Å². The fourth-order valence-corrected chi connectivity index (χ4v) is 5.59. The summed E-state index contributed by atoms with van der Waals surface area (Å²) in [7, 11) is -3.97. The van der Waals surface area contributed by atoms with Crippen molar-refractivity contribution in [2.24, 2.45) is 0 Å². The molecule has 1 atom stereocenters. The Labute approximate surface area is 199 Å². The van der Waals surface area contributed by atoms with Crippen LogP contribution in [-0.2, 0) is 27.5 Å². The topological polar surface area (TPSA) is 79.4 Å². The van der Waals surface area contributed by atoms with Crippen LogP contribution in [0.4, 0.5) is 17.6 Å². The molecule has 2 aromatic carbocycles. The van der Waals surface area contributed by atoms with Crippen molar-refractivity contribution in [1.82, 2.24) is 14.6 Å². The molecule has 2 heterocycles. The van der Waals surface area contributed by atoms with E-state index in [2.05, 4.69) is 10.3 Å². The summed E-state index contributed by atoms with van der Waals surface area (Å²) in [6.45, 7) is 0.274. The van der Waals surface area contributed by atoms with Crippen molar-refractivity contribution < 1.29 is 30.8 Å². The quantitative estimate of drug-likeness (QED) is 0.503. The Bertz CT molecular complexity index is 1310. The number of carbonyl (C=O) groups is 1. The Kier molecular flexibility index (Phi) is 6.91. The highest BCUT2D eigenvalue weighted by atomic mass is 32.2. The largest absolute Gasteiger partial charge is 0.433 e. The summed E-state index contributed by atoms with van der Waals surface area (Å²) in [5.41, 5.74) is 0.806. The molecule has 0 spiro atoms. The average molecular weight is 508 g/mol. The van der Waals surface area contributed by atoms with Crippen molar-refractivity contribution in [3.8, 4) is 11.1 Å². The second-order valence-corrected chi connectivity index (χ2v) is 9.97. The molecule has 184 valence electrons. The molecule has 11 heteroatoms. The maximum absolute atomic E-state index is 13.2. The number of amides is 1.